The first-order valence-electron chi connectivity index (χ1n) is 4.54. The summed E-state index contributed by atoms with van der Waals surface area (Å²) in [7, 11) is 1.26. The predicted octanol–water partition coefficient (Wildman–Crippen LogP) is 0.461. The smallest absolute Gasteiger partial charge is 0.308 e. The van der Waals surface area contributed by atoms with Crippen molar-refractivity contribution in [3.8, 4) is 0 Å². The molecule has 13 heavy (non-hydrogen) atoms. The third-order valence-electron chi connectivity index (χ3n) is 1.90. The van der Waals surface area contributed by atoms with E-state index in [0.29, 0.717) is 6.42 Å². The fraction of sp³-hybridized carbons (Fsp3) is 0.889. The van der Waals surface area contributed by atoms with Crippen LogP contribution in [0.1, 0.15) is 32.6 Å². The molecule has 0 aliphatic rings. The Balaban J connectivity index is 3.68. The number of aliphatic hydroxyl groups is 2. The molecule has 2 unspecified atom stereocenters. The van der Waals surface area contributed by atoms with Crippen molar-refractivity contribution in [1.82, 2.24) is 0 Å². The summed E-state index contributed by atoms with van der Waals surface area (Å²) in [4.78, 5) is 10.7. The zero-order chi connectivity index (χ0) is 10.3. The molecular weight excluding hydrogens is 172 g/mol. The minimum Gasteiger partial charge on any atom is -0.469 e. The molecule has 0 saturated carbocycles. The van der Waals surface area contributed by atoms with E-state index in [4.69, 9.17) is 0 Å². The lowest BCUT2D eigenvalue weighted by Gasteiger charge is -2.15. The normalized spacial score (nSPS) is 15.1. The molecule has 2 atom stereocenters. The number of hydrogen-bond donors (Lipinski definition) is 2. The first kappa shape index (κ1) is 12.4. The fourth-order valence-electron chi connectivity index (χ4n) is 0.996. The van der Waals surface area contributed by atoms with Crippen LogP contribution in [-0.2, 0) is 9.53 Å². The van der Waals surface area contributed by atoms with Gasteiger partial charge in [0, 0.05) is 0 Å². The second-order valence-electron chi connectivity index (χ2n) is 3.06. The Kier molecular flexibility index (Phi) is 6.54. The first-order chi connectivity index (χ1) is 6.11. The number of carbonyl (C=O) groups is 1. The van der Waals surface area contributed by atoms with Gasteiger partial charge in [-0.1, -0.05) is 19.8 Å². The molecule has 0 radical (unpaired) electrons. The van der Waals surface area contributed by atoms with E-state index in [1.807, 2.05) is 6.92 Å². The minimum absolute atomic E-state index is 0.138. The minimum atomic E-state index is -1.00. The monoisotopic (exact) mass is 190 g/mol. The van der Waals surface area contributed by atoms with E-state index in [9.17, 15) is 15.0 Å². The highest BCUT2D eigenvalue weighted by Crippen LogP contribution is 2.08. The quantitative estimate of drug-likeness (QED) is 0.597. The molecule has 0 fully saturated rings. The molecule has 0 aromatic carbocycles. The number of methoxy groups -OCH3 is 1. The van der Waals surface area contributed by atoms with Gasteiger partial charge in [0.2, 0.25) is 0 Å². The second kappa shape index (κ2) is 6.86. The summed E-state index contributed by atoms with van der Waals surface area (Å²) in [5.41, 5.74) is 0. The van der Waals surface area contributed by atoms with Crippen LogP contribution in [0, 0.1) is 0 Å². The summed E-state index contributed by atoms with van der Waals surface area (Å²) in [6.45, 7) is 2.00. The first-order valence-corrected chi connectivity index (χ1v) is 4.54. The molecule has 0 aromatic heterocycles. The van der Waals surface area contributed by atoms with Crippen molar-refractivity contribution in [2.24, 2.45) is 0 Å². The Hall–Kier alpha value is -0.610. The van der Waals surface area contributed by atoms with Gasteiger partial charge in [-0.05, 0) is 6.42 Å². The van der Waals surface area contributed by atoms with Gasteiger partial charge >= 0.3 is 5.97 Å². The van der Waals surface area contributed by atoms with Crippen molar-refractivity contribution in [2.75, 3.05) is 7.11 Å². The summed E-state index contributed by atoms with van der Waals surface area (Å²) >= 11 is 0. The summed E-state index contributed by atoms with van der Waals surface area (Å²) in [5, 5.41) is 18.6. The Labute approximate surface area is 78.5 Å². The van der Waals surface area contributed by atoms with E-state index >= 15 is 0 Å². The van der Waals surface area contributed by atoms with Gasteiger partial charge in [0.15, 0.2) is 0 Å². The van der Waals surface area contributed by atoms with Crippen molar-refractivity contribution in [2.45, 2.75) is 44.8 Å². The fourth-order valence-corrected chi connectivity index (χ4v) is 0.996. The van der Waals surface area contributed by atoms with E-state index in [1.165, 1.54) is 7.11 Å². The van der Waals surface area contributed by atoms with Crippen molar-refractivity contribution < 1.29 is 19.7 Å². The summed E-state index contributed by atoms with van der Waals surface area (Å²) in [6.07, 6.45) is 0.371. The third-order valence-corrected chi connectivity index (χ3v) is 1.90. The molecule has 4 heteroatoms. The van der Waals surface area contributed by atoms with E-state index in [-0.39, 0.29) is 6.42 Å². The number of ether oxygens (including phenoxy) is 1. The van der Waals surface area contributed by atoms with Crippen molar-refractivity contribution >= 4 is 5.97 Å². The topological polar surface area (TPSA) is 66.8 Å². The third kappa shape index (κ3) is 5.60. The highest BCUT2D eigenvalue weighted by Gasteiger charge is 2.19. The lowest BCUT2D eigenvalue weighted by Crippen LogP contribution is -2.28. The number of carbonyl (C=O) groups excluding carboxylic acids is 1. The molecular formula is C9H18O4. The Morgan fingerprint density at radius 1 is 1.38 bits per heavy atom. The van der Waals surface area contributed by atoms with Crippen LogP contribution in [0.2, 0.25) is 0 Å². The molecule has 0 bridgehead atoms. The number of rotatable bonds is 6. The lowest BCUT2D eigenvalue weighted by molar-refractivity contribution is -0.144. The van der Waals surface area contributed by atoms with Crippen LogP contribution in [0.5, 0.6) is 0 Å². The largest absolute Gasteiger partial charge is 0.469 e. The molecule has 0 saturated heterocycles. The van der Waals surface area contributed by atoms with Crippen LogP contribution in [0.25, 0.3) is 0 Å². The van der Waals surface area contributed by atoms with Gasteiger partial charge in [0.25, 0.3) is 0 Å². The van der Waals surface area contributed by atoms with Gasteiger partial charge in [-0.25, -0.2) is 0 Å². The van der Waals surface area contributed by atoms with Crippen LogP contribution in [-0.4, -0.2) is 35.5 Å². The second-order valence-corrected chi connectivity index (χ2v) is 3.06. The average Bonchev–Trinajstić information content (AvgIpc) is 2.13. The maximum Gasteiger partial charge on any atom is 0.308 e. The van der Waals surface area contributed by atoms with Gasteiger partial charge in [-0.15, -0.1) is 0 Å². The molecule has 4 nitrogen and oxygen atoms in total. The Morgan fingerprint density at radius 3 is 2.46 bits per heavy atom. The zero-order valence-corrected chi connectivity index (χ0v) is 8.19. The molecule has 2 N–H and O–H groups in total. The molecule has 0 aromatic rings. The van der Waals surface area contributed by atoms with Gasteiger partial charge in [0.05, 0.1) is 25.7 Å². The lowest BCUT2D eigenvalue weighted by atomic mass is 10.1. The van der Waals surface area contributed by atoms with Crippen molar-refractivity contribution in [1.29, 1.82) is 0 Å². The molecule has 0 spiro atoms. The van der Waals surface area contributed by atoms with Gasteiger partial charge in [-0.2, -0.15) is 0 Å². The number of hydrogen-bond acceptors (Lipinski definition) is 4. The van der Waals surface area contributed by atoms with Crippen LogP contribution < -0.4 is 0 Å². The summed E-state index contributed by atoms with van der Waals surface area (Å²) < 4.78 is 4.37. The highest BCUT2D eigenvalue weighted by molar-refractivity contribution is 5.69. The molecule has 0 aliphatic heterocycles. The van der Waals surface area contributed by atoms with Crippen LogP contribution in [0.15, 0.2) is 0 Å². The Bertz CT molecular complexity index is 147. The highest BCUT2D eigenvalue weighted by atomic mass is 16.5. The van der Waals surface area contributed by atoms with E-state index < -0.39 is 18.2 Å². The average molecular weight is 190 g/mol. The standard InChI is InChI=1S/C9H18O4/c1-3-4-5-7(10)8(11)6-9(12)13-2/h7-8,10-11H,3-6H2,1-2H3. The maximum atomic E-state index is 10.7. The van der Waals surface area contributed by atoms with Crippen molar-refractivity contribution in [3.63, 3.8) is 0 Å². The predicted molar refractivity (Wildman–Crippen MR) is 48.2 cm³/mol. The zero-order valence-electron chi connectivity index (χ0n) is 8.19. The Morgan fingerprint density at radius 2 is 2.00 bits per heavy atom. The number of aliphatic hydroxyl groups excluding tert-OH is 2. The van der Waals surface area contributed by atoms with Crippen LogP contribution in [0.4, 0.5) is 0 Å². The molecule has 0 amide bonds. The van der Waals surface area contributed by atoms with E-state index in [0.717, 1.165) is 12.8 Å². The summed E-state index contributed by atoms with van der Waals surface area (Å²) in [5.74, 6) is -0.497. The molecule has 0 rings (SSSR count). The molecule has 0 aliphatic carbocycles. The number of esters is 1. The van der Waals surface area contributed by atoms with E-state index in [1.54, 1.807) is 0 Å². The molecule has 0 heterocycles. The van der Waals surface area contributed by atoms with Crippen molar-refractivity contribution in [3.05, 3.63) is 0 Å². The number of unbranched alkanes of at least 4 members (excludes halogenated alkanes) is 1. The SMILES string of the molecule is CCCCC(O)C(O)CC(=O)OC. The van der Waals surface area contributed by atoms with Gasteiger partial charge < -0.3 is 14.9 Å². The summed E-state index contributed by atoms with van der Waals surface area (Å²) in [6, 6.07) is 0. The maximum absolute atomic E-state index is 10.7. The molecule has 78 valence electrons. The van der Waals surface area contributed by atoms with Gasteiger partial charge in [0.1, 0.15) is 0 Å². The van der Waals surface area contributed by atoms with Crippen LogP contribution >= 0.6 is 0 Å². The van der Waals surface area contributed by atoms with E-state index in [2.05, 4.69) is 4.74 Å². The van der Waals surface area contributed by atoms with Crippen LogP contribution in [0.3, 0.4) is 0 Å². The van der Waals surface area contributed by atoms with Gasteiger partial charge in [-0.3, -0.25) is 4.79 Å².